The quantitative estimate of drug-likeness (QED) is 0.733. The van der Waals surface area contributed by atoms with Crippen molar-refractivity contribution in [3.05, 3.63) is 42.0 Å². The molecule has 2 aromatic rings. The number of hydrogen-bond donors (Lipinski definition) is 0. The van der Waals surface area contributed by atoms with Crippen LogP contribution in [0.2, 0.25) is 0 Å². The van der Waals surface area contributed by atoms with Gasteiger partial charge in [-0.15, -0.1) is 0 Å². The van der Waals surface area contributed by atoms with Crippen LogP contribution >= 0.6 is 0 Å². The molecule has 0 amide bonds. The van der Waals surface area contributed by atoms with E-state index in [9.17, 15) is 0 Å². The maximum atomic E-state index is 5.24. The van der Waals surface area contributed by atoms with Crippen molar-refractivity contribution in [2.24, 2.45) is 0 Å². The lowest BCUT2D eigenvalue weighted by atomic mass is 9.94. The van der Waals surface area contributed by atoms with Gasteiger partial charge in [-0.25, -0.2) is 0 Å². The second-order valence-corrected chi connectivity index (χ2v) is 4.66. The molecular weight excluding hydrogens is 208 g/mol. The van der Waals surface area contributed by atoms with E-state index in [2.05, 4.69) is 44.2 Å². The van der Waals surface area contributed by atoms with E-state index in [1.807, 2.05) is 6.07 Å². The van der Waals surface area contributed by atoms with Crippen LogP contribution in [0, 0.1) is 0 Å². The molecule has 0 fully saturated rings. The van der Waals surface area contributed by atoms with Gasteiger partial charge in [0.2, 0.25) is 0 Å². The van der Waals surface area contributed by atoms with Gasteiger partial charge in [0.15, 0.2) is 0 Å². The first-order valence-corrected chi connectivity index (χ1v) is 6.32. The summed E-state index contributed by atoms with van der Waals surface area (Å²) < 4.78 is 5.24. The van der Waals surface area contributed by atoms with Crippen LogP contribution in [0.15, 0.2) is 36.4 Å². The SMILES string of the molecule is CCC[C@@H](C)c1ccc2cc(OC)ccc2c1. The Hall–Kier alpha value is -1.50. The van der Waals surface area contributed by atoms with Crippen LogP contribution < -0.4 is 4.74 Å². The largest absolute Gasteiger partial charge is 0.497 e. The predicted octanol–water partition coefficient (Wildman–Crippen LogP) is 4.75. The van der Waals surface area contributed by atoms with Gasteiger partial charge < -0.3 is 4.74 Å². The summed E-state index contributed by atoms with van der Waals surface area (Å²) in [7, 11) is 1.71. The van der Waals surface area contributed by atoms with Crippen molar-refractivity contribution >= 4 is 10.8 Å². The molecular formula is C16H20O. The first-order chi connectivity index (χ1) is 8.24. The third-order valence-corrected chi connectivity index (χ3v) is 3.36. The molecule has 1 heteroatoms. The molecule has 0 spiro atoms. The van der Waals surface area contributed by atoms with Gasteiger partial charge in [0.05, 0.1) is 7.11 Å². The highest BCUT2D eigenvalue weighted by Crippen LogP contribution is 2.26. The van der Waals surface area contributed by atoms with E-state index in [4.69, 9.17) is 4.74 Å². The van der Waals surface area contributed by atoms with Gasteiger partial charge >= 0.3 is 0 Å². The second-order valence-electron chi connectivity index (χ2n) is 4.66. The summed E-state index contributed by atoms with van der Waals surface area (Å²) in [5.74, 6) is 1.57. The first kappa shape index (κ1) is 12.0. The first-order valence-electron chi connectivity index (χ1n) is 6.32. The maximum Gasteiger partial charge on any atom is 0.119 e. The maximum absolute atomic E-state index is 5.24. The number of hydrogen-bond acceptors (Lipinski definition) is 1. The summed E-state index contributed by atoms with van der Waals surface area (Å²) in [5, 5.41) is 2.54. The van der Waals surface area contributed by atoms with Gasteiger partial charge in [-0.2, -0.15) is 0 Å². The molecule has 0 aliphatic carbocycles. The number of fused-ring (bicyclic) bond motifs is 1. The molecule has 0 N–H and O–H groups in total. The van der Waals surface area contributed by atoms with Crippen molar-refractivity contribution in [1.82, 2.24) is 0 Å². The molecule has 17 heavy (non-hydrogen) atoms. The summed E-state index contributed by atoms with van der Waals surface area (Å²) in [6.07, 6.45) is 2.49. The highest BCUT2D eigenvalue weighted by atomic mass is 16.5. The third-order valence-electron chi connectivity index (χ3n) is 3.36. The van der Waals surface area contributed by atoms with Crippen LogP contribution in [0.25, 0.3) is 10.8 Å². The Morgan fingerprint density at radius 2 is 1.76 bits per heavy atom. The number of methoxy groups -OCH3 is 1. The predicted molar refractivity (Wildman–Crippen MR) is 73.8 cm³/mol. The van der Waals surface area contributed by atoms with E-state index in [1.54, 1.807) is 7.11 Å². The van der Waals surface area contributed by atoms with Gasteiger partial charge in [0.25, 0.3) is 0 Å². The average molecular weight is 228 g/mol. The van der Waals surface area contributed by atoms with Gasteiger partial charge in [-0.05, 0) is 40.8 Å². The lowest BCUT2D eigenvalue weighted by Gasteiger charge is -2.11. The number of benzene rings is 2. The molecule has 1 atom stereocenters. The molecule has 0 saturated heterocycles. The smallest absolute Gasteiger partial charge is 0.119 e. The molecule has 0 bridgehead atoms. The normalized spacial score (nSPS) is 12.6. The molecule has 2 aromatic carbocycles. The fraction of sp³-hybridized carbons (Fsp3) is 0.375. The highest BCUT2D eigenvalue weighted by molar-refractivity contribution is 5.84. The fourth-order valence-electron chi connectivity index (χ4n) is 2.28. The molecule has 0 aliphatic heterocycles. The van der Waals surface area contributed by atoms with E-state index in [-0.39, 0.29) is 0 Å². The van der Waals surface area contributed by atoms with Crippen molar-refractivity contribution in [2.45, 2.75) is 32.6 Å². The minimum atomic E-state index is 0.645. The summed E-state index contributed by atoms with van der Waals surface area (Å²) in [4.78, 5) is 0. The molecule has 1 nitrogen and oxygen atoms in total. The standard InChI is InChI=1S/C16H20O/c1-4-5-12(2)13-6-7-15-11-16(17-3)9-8-14(15)10-13/h6-12H,4-5H2,1-3H3/t12-/m1/s1. The van der Waals surface area contributed by atoms with Crippen LogP contribution in [0.3, 0.4) is 0 Å². The lowest BCUT2D eigenvalue weighted by molar-refractivity contribution is 0.415. The van der Waals surface area contributed by atoms with Gasteiger partial charge in [-0.1, -0.05) is 44.5 Å². The van der Waals surface area contributed by atoms with Crippen molar-refractivity contribution in [2.75, 3.05) is 7.11 Å². The molecule has 0 radical (unpaired) electrons. The molecule has 2 rings (SSSR count). The Balaban J connectivity index is 2.37. The number of rotatable bonds is 4. The van der Waals surface area contributed by atoms with Crippen LogP contribution in [0.4, 0.5) is 0 Å². The van der Waals surface area contributed by atoms with Gasteiger partial charge in [-0.3, -0.25) is 0 Å². The molecule has 0 aliphatic rings. The topological polar surface area (TPSA) is 9.23 Å². The lowest BCUT2D eigenvalue weighted by Crippen LogP contribution is -1.92. The summed E-state index contributed by atoms with van der Waals surface area (Å²) in [6, 6.07) is 13.0. The zero-order valence-corrected chi connectivity index (χ0v) is 10.9. The Labute approximate surface area is 103 Å². The van der Waals surface area contributed by atoms with Gasteiger partial charge in [0.1, 0.15) is 5.75 Å². The molecule has 0 saturated carbocycles. The van der Waals surface area contributed by atoms with Crippen LogP contribution in [-0.2, 0) is 0 Å². The minimum absolute atomic E-state index is 0.645. The fourth-order valence-corrected chi connectivity index (χ4v) is 2.28. The Kier molecular flexibility index (Phi) is 3.68. The zero-order valence-electron chi connectivity index (χ0n) is 10.9. The van der Waals surface area contributed by atoms with Crippen molar-refractivity contribution in [1.29, 1.82) is 0 Å². The van der Waals surface area contributed by atoms with E-state index in [0.717, 1.165) is 5.75 Å². The Morgan fingerprint density at radius 1 is 1.06 bits per heavy atom. The zero-order chi connectivity index (χ0) is 12.3. The summed E-state index contributed by atoms with van der Waals surface area (Å²) in [6.45, 7) is 4.54. The Bertz CT molecular complexity index is 502. The van der Waals surface area contributed by atoms with E-state index in [0.29, 0.717) is 5.92 Å². The van der Waals surface area contributed by atoms with Crippen molar-refractivity contribution in [3.8, 4) is 5.75 Å². The van der Waals surface area contributed by atoms with E-state index < -0.39 is 0 Å². The van der Waals surface area contributed by atoms with Crippen LogP contribution in [-0.4, -0.2) is 7.11 Å². The molecule has 0 aromatic heterocycles. The van der Waals surface area contributed by atoms with E-state index in [1.165, 1.54) is 29.2 Å². The summed E-state index contributed by atoms with van der Waals surface area (Å²) >= 11 is 0. The Morgan fingerprint density at radius 3 is 2.47 bits per heavy atom. The third kappa shape index (κ3) is 2.60. The van der Waals surface area contributed by atoms with Crippen molar-refractivity contribution in [3.63, 3.8) is 0 Å². The van der Waals surface area contributed by atoms with E-state index >= 15 is 0 Å². The second kappa shape index (κ2) is 5.22. The highest BCUT2D eigenvalue weighted by Gasteiger charge is 2.05. The molecule has 90 valence electrons. The molecule has 0 heterocycles. The molecule has 0 unspecified atom stereocenters. The number of ether oxygens (including phenoxy) is 1. The van der Waals surface area contributed by atoms with Crippen molar-refractivity contribution < 1.29 is 4.74 Å². The van der Waals surface area contributed by atoms with Crippen LogP contribution in [0.5, 0.6) is 5.75 Å². The van der Waals surface area contributed by atoms with Crippen LogP contribution in [0.1, 0.15) is 38.2 Å². The minimum Gasteiger partial charge on any atom is -0.497 e. The van der Waals surface area contributed by atoms with Gasteiger partial charge in [0, 0.05) is 0 Å². The summed E-state index contributed by atoms with van der Waals surface area (Å²) in [5.41, 5.74) is 1.43. The monoisotopic (exact) mass is 228 g/mol. The average Bonchev–Trinajstić information content (AvgIpc) is 2.37.